The van der Waals surface area contributed by atoms with Crippen molar-refractivity contribution in [2.24, 2.45) is 4.99 Å². The third-order valence-corrected chi connectivity index (χ3v) is 2.96. The second kappa shape index (κ2) is 7.60. The van der Waals surface area contributed by atoms with Gasteiger partial charge in [-0.15, -0.1) is 0 Å². The van der Waals surface area contributed by atoms with Crippen LogP contribution >= 0.6 is 0 Å². The largest absolute Gasteiger partial charge is 0.506 e. The highest BCUT2D eigenvalue weighted by Gasteiger charge is 2.21. The van der Waals surface area contributed by atoms with E-state index in [4.69, 9.17) is 4.74 Å². The summed E-state index contributed by atoms with van der Waals surface area (Å²) < 4.78 is 49.4. The van der Waals surface area contributed by atoms with Crippen LogP contribution in [0.5, 0.6) is 0 Å². The zero-order chi connectivity index (χ0) is 18.6. The van der Waals surface area contributed by atoms with Gasteiger partial charge >= 0.3 is 5.97 Å². The molecule has 0 saturated carbocycles. The molecule has 0 aliphatic rings. The van der Waals surface area contributed by atoms with Crippen molar-refractivity contribution in [1.29, 1.82) is 0 Å². The number of rotatable bonds is 5. The molecule has 1 aromatic carbocycles. The van der Waals surface area contributed by atoms with E-state index in [0.717, 1.165) is 6.21 Å². The SMILES string of the molecule is CCOC(=O)/C(C=Nc1nonc1C)=C(/O)c1cc(F)c(F)cc1F. The summed E-state index contributed by atoms with van der Waals surface area (Å²) in [5.74, 6) is -6.15. The number of aromatic nitrogens is 2. The van der Waals surface area contributed by atoms with Gasteiger partial charge in [-0.2, -0.15) is 0 Å². The maximum Gasteiger partial charge on any atom is 0.343 e. The van der Waals surface area contributed by atoms with Gasteiger partial charge in [0, 0.05) is 12.3 Å². The number of aryl methyl sites for hydroxylation is 1. The number of nitrogens with zero attached hydrogens (tertiary/aromatic N) is 3. The Kier molecular flexibility index (Phi) is 5.52. The fraction of sp³-hybridized carbons (Fsp3) is 0.200. The average Bonchev–Trinajstić information content (AvgIpc) is 2.96. The zero-order valence-electron chi connectivity index (χ0n) is 13.1. The first-order valence-corrected chi connectivity index (χ1v) is 6.93. The van der Waals surface area contributed by atoms with Gasteiger partial charge in [-0.25, -0.2) is 27.6 Å². The van der Waals surface area contributed by atoms with E-state index in [1.165, 1.54) is 13.8 Å². The van der Waals surface area contributed by atoms with Crippen molar-refractivity contribution in [2.75, 3.05) is 6.61 Å². The third-order valence-electron chi connectivity index (χ3n) is 2.96. The summed E-state index contributed by atoms with van der Waals surface area (Å²) in [6.45, 7) is 2.98. The highest BCUT2D eigenvalue weighted by molar-refractivity contribution is 6.15. The van der Waals surface area contributed by atoms with Gasteiger partial charge in [-0.05, 0) is 25.1 Å². The van der Waals surface area contributed by atoms with Crippen molar-refractivity contribution < 1.29 is 32.4 Å². The molecule has 0 aliphatic heterocycles. The Morgan fingerprint density at radius 2 is 1.96 bits per heavy atom. The minimum Gasteiger partial charge on any atom is -0.506 e. The summed E-state index contributed by atoms with van der Waals surface area (Å²) in [5.41, 5.74) is -1.03. The number of esters is 1. The van der Waals surface area contributed by atoms with Crippen molar-refractivity contribution in [3.05, 3.63) is 46.4 Å². The summed E-state index contributed by atoms with van der Waals surface area (Å²) in [5, 5.41) is 17.1. The van der Waals surface area contributed by atoms with Crippen molar-refractivity contribution in [3.8, 4) is 0 Å². The van der Waals surface area contributed by atoms with Crippen LogP contribution in [0.25, 0.3) is 5.76 Å². The quantitative estimate of drug-likeness (QED) is 0.291. The number of hydrogen-bond acceptors (Lipinski definition) is 7. The van der Waals surface area contributed by atoms with E-state index in [2.05, 4.69) is 19.9 Å². The standard InChI is InChI=1S/C15H12F3N3O4/c1-3-24-15(23)9(6-19-14-7(2)20-25-21-14)13(22)8-4-11(17)12(18)5-10(8)16/h4-6,22H,3H2,1-2H3/b13-9+,19-6?. The first-order valence-electron chi connectivity index (χ1n) is 6.93. The van der Waals surface area contributed by atoms with Crippen LogP contribution in [-0.4, -0.2) is 34.2 Å². The highest BCUT2D eigenvalue weighted by atomic mass is 19.2. The smallest absolute Gasteiger partial charge is 0.343 e. The van der Waals surface area contributed by atoms with Crippen LogP contribution in [0.1, 0.15) is 18.2 Å². The Balaban J connectivity index is 2.55. The second-order valence-corrected chi connectivity index (χ2v) is 4.66. The van der Waals surface area contributed by atoms with Gasteiger partial charge in [-0.1, -0.05) is 5.16 Å². The molecule has 0 atom stereocenters. The van der Waals surface area contributed by atoms with Gasteiger partial charge < -0.3 is 9.84 Å². The van der Waals surface area contributed by atoms with Crippen molar-refractivity contribution >= 4 is 23.8 Å². The molecular weight excluding hydrogens is 343 g/mol. The minimum absolute atomic E-state index is 0.000331. The van der Waals surface area contributed by atoms with Crippen LogP contribution in [0.4, 0.5) is 19.0 Å². The molecule has 7 nitrogen and oxygen atoms in total. The van der Waals surface area contributed by atoms with E-state index in [-0.39, 0.29) is 24.2 Å². The molecular formula is C15H12F3N3O4. The van der Waals surface area contributed by atoms with Crippen LogP contribution in [-0.2, 0) is 9.53 Å². The maximum atomic E-state index is 13.8. The molecule has 1 aromatic heterocycles. The lowest BCUT2D eigenvalue weighted by molar-refractivity contribution is -0.137. The molecule has 2 aromatic rings. The summed E-state index contributed by atoms with van der Waals surface area (Å²) in [4.78, 5) is 15.8. The Hall–Kier alpha value is -3.17. The number of carbonyl (C=O) groups is 1. The van der Waals surface area contributed by atoms with Crippen molar-refractivity contribution in [2.45, 2.75) is 13.8 Å². The van der Waals surface area contributed by atoms with Gasteiger partial charge in [0.15, 0.2) is 11.6 Å². The fourth-order valence-corrected chi connectivity index (χ4v) is 1.74. The predicted molar refractivity (Wildman–Crippen MR) is 79.7 cm³/mol. The van der Waals surface area contributed by atoms with Gasteiger partial charge in [0.2, 0.25) is 5.82 Å². The summed E-state index contributed by atoms with van der Waals surface area (Å²) in [7, 11) is 0. The molecule has 25 heavy (non-hydrogen) atoms. The molecule has 0 unspecified atom stereocenters. The first kappa shape index (κ1) is 18.2. The van der Waals surface area contributed by atoms with Crippen molar-refractivity contribution in [1.82, 2.24) is 10.3 Å². The molecule has 0 saturated heterocycles. The van der Waals surface area contributed by atoms with E-state index in [9.17, 15) is 23.1 Å². The molecule has 1 heterocycles. The third kappa shape index (κ3) is 4.03. The Bertz CT molecular complexity index is 862. The molecule has 0 radical (unpaired) electrons. The van der Waals surface area contributed by atoms with E-state index in [1.54, 1.807) is 0 Å². The lowest BCUT2D eigenvalue weighted by Gasteiger charge is -2.08. The summed E-state index contributed by atoms with van der Waals surface area (Å²) in [6.07, 6.45) is 0.834. The molecule has 132 valence electrons. The predicted octanol–water partition coefficient (Wildman–Crippen LogP) is 3.03. The van der Waals surface area contributed by atoms with E-state index >= 15 is 0 Å². The highest BCUT2D eigenvalue weighted by Crippen LogP contribution is 2.23. The van der Waals surface area contributed by atoms with E-state index in [1.807, 2.05) is 0 Å². The monoisotopic (exact) mass is 355 g/mol. The van der Waals surface area contributed by atoms with Gasteiger partial charge in [0.25, 0.3) is 0 Å². The van der Waals surface area contributed by atoms with Crippen LogP contribution in [0.3, 0.4) is 0 Å². The fourth-order valence-electron chi connectivity index (χ4n) is 1.74. The Labute approximate surface area is 139 Å². The van der Waals surface area contributed by atoms with Gasteiger partial charge in [-0.3, -0.25) is 0 Å². The number of benzene rings is 1. The van der Waals surface area contributed by atoms with Crippen LogP contribution in [0, 0.1) is 24.4 Å². The molecule has 0 bridgehead atoms. The molecule has 0 aliphatic carbocycles. The van der Waals surface area contributed by atoms with Crippen LogP contribution in [0.15, 0.2) is 27.3 Å². The van der Waals surface area contributed by atoms with Crippen LogP contribution < -0.4 is 0 Å². The lowest BCUT2D eigenvalue weighted by atomic mass is 10.1. The number of aliphatic imine (C=N–C) groups is 1. The molecule has 0 spiro atoms. The maximum absolute atomic E-state index is 13.8. The number of hydrogen-bond donors (Lipinski definition) is 1. The number of aliphatic hydroxyl groups excluding tert-OH is 1. The number of halogens is 3. The zero-order valence-corrected chi connectivity index (χ0v) is 13.1. The molecule has 1 N–H and O–H groups in total. The lowest BCUT2D eigenvalue weighted by Crippen LogP contribution is -2.12. The summed E-state index contributed by atoms with van der Waals surface area (Å²) in [6, 6.07) is 0.655. The van der Waals surface area contributed by atoms with Crippen molar-refractivity contribution in [3.63, 3.8) is 0 Å². The molecule has 0 fully saturated rings. The second-order valence-electron chi connectivity index (χ2n) is 4.66. The number of ether oxygens (including phenoxy) is 1. The van der Waals surface area contributed by atoms with E-state index < -0.39 is 40.3 Å². The average molecular weight is 355 g/mol. The van der Waals surface area contributed by atoms with Crippen LogP contribution in [0.2, 0.25) is 0 Å². The Morgan fingerprint density at radius 1 is 1.28 bits per heavy atom. The van der Waals surface area contributed by atoms with E-state index in [0.29, 0.717) is 6.07 Å². The van der Waals surface area contributed by atoms with Gasteiger partial charge in [0.1, 0.15) is 22.8 Å². The summed E-state index contributed by atoms with van der Waals surface area (Å²) >= 11 is 0. The number of aliphatic hydroxyl groups is 1. The molecule has 10 heteroatoms. The first-order chi connectivity index (χ1) is 11.8. The topological polar surface area (TPSA) is 97.8 Å². The molecule has 2 rings (SSSR count). The number of carbonyl (C=O) groups excluding carboxylic acids is 1. The Morgan fingerprint density at radius 3 is 2.56 bits per heavy atom. The normalized spacial score (nSPS) is 12.4. The van der Waals surface area contributed by atoms with Gasteiger partial charge in [0.05, 0.1) is 12.2 Å². The minimum atomic E-state index is -1.44. The molecule has 0 amide bonds.